The van der Waals surface area contributed by atoms with Gasteiger partial charge in [0.15, 0.2) is 0 Å². The molecule has 3 fully saturated rings. The van der Waals surface area contributed by atoms with Crippen LogP contribution >= 0.6 is 0 Å². The molecule has 1 aromatic rings. The van der Waals surface area contributed by atoms with Gasteiger partial charge in [0.25, 0.3) is 0 Å². The lowest BCUT2D eigenvalue weighted by Crippen LogP contribution is -2.51. The second kappa shape index (κ2) is 14.1. The summed E-state index contributed by atoms with van der Waals surface area (Å²) in [6.45, 7) is 15.4. The van der Waals surface area contributed by atoms with Gasteiger partial charge in [-0.3, -0.25) is 0 Å². The molecule has 44 heavy (non-hydrogen) atoms. The molecule has 5 nitrogen and oxygen atoms in total. The van der Waals surface area contributed by atoms with Crippen LogP contribution in [0.2, 0.25) is 0 Å². The maximum atomic E-state index is 13.4. The van der Waals surface area contributed by atoms with E-state index in [0.29, 0.717) is 18.6 Å². The highest BCUT2D eigenvalue weighted by molar-refractivity contribution is 6.03. The van der Waals surface area contributed by atoms with Crippen LogP contribution in [0.1, 0.15) is 133 Å². The normalized spacial score (nSPS) is 33.5. The van der Waals surface area contributed by atoms with Gasteiger partial charge in [0.2, 0.25) is 0 Å². The van der Waals surface area contributed by atoms with E-state index < -0.39 is 11.9 Å². The molecule has 0 heterocycles. The van der Waals surface area contributed by atoms with Gasteiger partial charge in [-0.1, -0.05) is 77.7 Å². The Morgan fingerprint density at radius 1 is 0.909 bits per heavy atom. The summed E-state index contributed by atoms with van der Waals surface area (Å²) in [5.74, 6) is 3.93. The first-order valence-electron chi connectivity index (χ1n) is 17.8. The zero-order valence-corrected chi connectivity index (χ0v) is 28.4. The van der Waals surface area contributed by atoms with E-state index in [1.807, 2.05) is 6.92 Å². The molecule has 0 aliphatic heterocycles. The fourth-order valence-corrected chi connectivity index (χ4v) is 10.2. The van der Waals surface area contributed by atoms with Crippen LogP contribution in [0.3, 0.4) is 0 Å². The van der Waals surface area contributed by atoms with Gasteiger partial charge in [-0.05, 0) is 110 Å². The number of rotatable bonds is 12. The summed E-state index contributed by atoms with van der Waals surface area (Å²) in [4.78, 5) is 26.1. The Labute approximate surface area is 266 Å². The summed E-state index contributed by atoms with van der Waals surface area (Å²) in [5, 5.41) is 0. The van der Waals surface area contributed by atoms with Crippen LogP contribution in [-0.4, -0.2) is 37.9 Å². The SMILES string of the molecule is CCOCCOC(=O)c1ccccc1C(=O)O[C@H]1CC[C@@]2(C)C(=CC[C@H]3[C@@H]4CC[C@H](C(C)CCCC(C)C)[C@@]4(C)CC[C@@H]32)C1. The second-order valence-electron chi connectivity index (χ2n) is 15.4. The predicted molar refractivity (Wildman–Crippen MR) is 175 cm³/mol. The van der Waals surface area contributed by atoms with Crippen molar-refractivity contribution in [1.29, 1.82) is 0 Å². The first kappa shape index (κ1) is 33.2. The number of hydrogen-bond acceptors (Lipinski definition) is 5. The van der Waals surface area contributed by atoms with Crippen molar-refractivity contribution in [3.63, 3.8) is 0 Å². The molecule has 5 rings (SSSR count). The number of benzene rings is 1. The fraction of sp³-hybridized carbons (Fsp3) is 0.744. The fourth-order valence-electron chi connectivity index (χ4n) is 10.2. The standard InChI is InChI=1S/C39H58O5/c1-7-42-23-24-43-36(40)30-13-8-9-14-31(30)37(41)44-29-19-21-38(5)28(25-29)15-16-32-34-18-17-33(27(4)12-10-11-26(2)3)39(34,6)22-20-35(32)38/h8-9,13-15,26-27,29,32-35H,7,10-12,16-25H2,1-6H3/t27?,29-,32-,33+,34-,35-,38-,39+/m0/s1. The molecule has 3 saturated carbocycles. The lowest BCUT2D eigenvalue weighted by atomic mass is 9.47. The van der Waals surface area contributed by atoms with E-state index in [1.54, 1.807) is 24.3 Å². The van der Waals surface area contributed by atoms with Crippen LogP contribution in [-0.2, 0) is 14.2 Å². The maximum Gasteiger partial charge on any atom is 0.339 e. The van der Waals surface area contributed by atoms with Crippen LogP contribution < -0.4 is 0 Å². The molecule has 244 valence electrons. The molecular weight excluding hydrogens is 548 g/mol. The van der Waals surface area contributed by atoms with Gasteiger partial charge < -0.3 is 14.2 Å². The third-order valence-corrected chi connectivity index (χ3v) is 12.6. The molecule has 0 spiro atoms. The maximum absolute atomic E-state index is 13.4. The summed E-state index contributed by atoms with van der Waals surface area (Å²) in [7, 11) is 0. The van der Waals surface area contributed by atoms with Gasteiger partial charge >= 0.3 is 11.9 Å². The van der Waals surface area contributed by atoms with Gasteiger partial charge in [-0.15, -0.1) is 0 Å². The van der Waals surface area contributed by atoms with Gasteiger partial charge in [-0.2, -0.15) is 0 Å². The Hall–Kier alpha value is -2.14. The molecule has 1 aromatic carbocycles. The van der Waals surface area contributed by atoms with Crippen molar-refractivity contribution in [2.45, 2.75) is 118 Å². The molecule has 5 heteroatoms. The summed E-state index contributed by atoms with van der Waals surface area (Å²) >= 11 is 0. The number of ether oxygens (including phenoxy) is 3. The Balaban J connectivity index is 1.22. The third-order valence-electron chi connectivity index (χ3n) is 12.6. The number of fused-ring (bicyclic) bond motifs is 5. The number of allylic oxidation sites excluding steroid dienone is 1. The zero-order valence-electron chi connectivity index (χ0n) is 28.4. The molecule has 0 amide bonds. The minimum Gasteiger partial charge on any atom is -0.460 e. The van der Waals surface area contributed by atoms with Crippen molar-refractivity contribution in [2.75, 3.05) is 19.8 Å². The van der Waals surface area contributed by atoms with Crippen molar-refractivity contribution in [1.82, 2.24) is 0 Å². The molecular formula is C39H58O5. The average molecular weight is 607 g/mol. The minimum absolute atomic E-state index is 0.156. The van der Waals surface area contributed by atoms with Crippen LogP contribution in [0.4, 0.5) is 0 Å². The molecule has 4 aliphatic rings. The van der Waals surface area contributed by atoms with E-state index in [9.17, 15) is 9.59 Å². The smallest absolute Gasteiger partial charge is 0.339 e. The number of hydrogen-bond donors (Lipinski definition) is 0. The van der Waals surface area contributed by atoms with Gasteiger partial charge in [0.05, 0.1) is 17.7 Å². The monoisotopic (exact) mass is 606 g/mol. The molecule has 4 aliphatic carbocycles. The molecule has 0 radical (unpaired) electrons. The zero-order chi connectivity index (χ0) is 31.5. The highest BCUT2D eigenvalue weighted by Gasteiger charge is 2.59. The van der Waals surface area contributed by atoms with Crippen LogP contribution in [0, 0.1) is 46.3 Å². The molecule has 0 saturated heterocycles. The van der Waals surface area contributed by atoms with Crippen LogP contribution in [0.25, 0.3) is 0 Å². The third kappa shape index (κ3) is 6.69. The Morgan fingerprint density at radius 2 is 1.66 bits per heavy atom. The van der Waals surface area contributed by atoms with E-state index in [1.165, 1.54) is 56.9 Å². The van der Waals surface area contributed by atoms with Crippen molar-refractivity contribution in [3.8, 4) is 0 Å². The first-order chi connectivity index (χ1) is 21.1. The minimum atomic E-state index is -0.516. The number of carbonyl (C=O) groups excluding carboxylic acids is 2. The van der Waals surface area contributed by atoms with E-state index in [2.05, 4.69) is 40.7 Å². The largest absolute Gasteiger partial charge is 0.460 e. The highest BCUT2D eigenvalue weighted by Crippen LogP contribution is 2.67. The molecule has 1 unspecified atom stereocenters. The molecule has 0 bridgehead atoms. The first-order valence-corrected chi connectivity index (χ1v) is 17.8. The topological polar surface area (TPSA) is 61.8 Å². The molecule has 0 aromatic heterocycles. The Bertz CT molecular complexity index is 1190. The lowest BCUT2D eigenvalue weighted by molar-refractivity contribution is -0.0594. The van der Waals surface area contributed by atoms with Crippen molar-refractivity contribution >= 4 is 11.9 Å². The van der Waals surface area contributed by atoms with Gasteiger partial charge in [-0.25, -0.2) is 9.59 Å². The number of carbonyl (C=O) groups is 2. The van der Waals surface area contributed by atoms with E-state index in [-0.39, 0.29) is 29.3 Å². The van der Waals surface area contributed by atoms with Crippen LogP contribution in [0.15, 0.2) is 35.9 Å². The predicted octanol–water partition coefficient (Wildman–Crippen LogP) is 9.45. The van der Waals surface area contributed by atoms with Crippen molar-refractivity contribution in [3.05, 3.63) is 47.0 Å². The highest BCUT2D eigenvalue weighted by atomic mass is 16.6. The van der Waals surface area contributed by atoms with E-state index in [0.717, 1.165) is 54.8 Å². The number of esters is 2. The van der Waals surface area contributed by atoms with Crippen molar-refractivity contribution in [2.24, 2.45) is 46.3 Å². The Morgan fingerprint density at radius 3 is 2.39 bits per heavy atom. The van der Waals surface area contributed by atoms with Gasteiger partial charge in [0.1, 0.15) is 12.7 Å². The van der Waals surface area contributed by atoms with Gasteiger partial charge in [0, 0.05) is 13.0 Å². The lowest BCUT2D eigenvalue weighted by Gasteiger charge is -2.58. The van der Waals surface area contributed by atoms with Crippen molar-refractivity contribution < 1.29 is 23.8 Å². The summed E-state index contributed by atoms with van der Waals surface area (Å²) in [5.41, 5.74) is 2.73. The molecule has 0 N–H and O–H groups in total. The van der Waals surface area contributed by atoms with E-state index >= 15 is 0 Å². The summed E-state index contributed by atoms with van der Waals surface area (Å²) in [6, 6.07) is 6.82. The summed E-state index contributed by atoms with van der Waals surface area (Å²) in [6.07, 6.45) is 16.0. The van der Waals surface area contributed by atoms with E-state index in [4.69, 9.17) is 14.2 Å². The Kier molecular flexibility index (Phi) is 10.6. The molecule has 8 atom stereocenters. The average Bonchev–Trinajstić information content (AvgIpc) is 3.36. The summed E-state index contributed by atoms with van der Waals surface area (Å²) < 4.78 is 16.7. The van der Waals surface area contributed by atoms with Crippen LogP contribution in [0.5, 0.6) is 0 Å². The second-order valence-corrected chi connectivity index (χ2v) is 15.4. The quantitative estimate of drug-likeness (QED) is 0.135.